The number of hydrogen-bond acceptors (Lipinski definition) is 3. The van der Waals surface area contributed by atoms with Gasteiger partial charge >= 0.3 is 0 Å². The lowest BCUT2D eigenvalue weighted by molar-refractivity contribution is -0.122. The minimum Gasteiger partial charge on any atom is -0.358 e. The van der Waals surface area contributed by atoms with Crippen LogP contribution in [0.4, 0.5) is 0 Å². The molecule has 2 rings (SSSR count). The number of rotatable bonds is 2. The van der Waals surface area contributed by atoms with Gasteiger partial charge in [-0.05, 0) is 31.8 Å². The Bertz CT molecular complexity index is 219. The van der Waals surface area contributed by atoms with Crippen molar-refractivity contribution in [2.45, 2.75) is 18.9 Å². The molecule has 2 unspecified atom stereocenters. The largest absolute Gasteiger partial charge is 0.358 e. The molecule has 1 amide bonds. The first-order valence-corrected chi connectivity index (χ1v) is 5.46. The molecule has 0 saturated carbocycles. The molecule has 0 aromatic rings. The maximum absolute atomic E-state index is 11.3. The highest BCUT2D eigenvalue weighted by Gasteiger charge is 2.35. The number of nitrogens with zero attached hydrogens (tertiary/aromatic N) is 1. The molecule has 4 heteroatoms. The lowest BCUT2D eigenvalue weighted by Gasteiger charge is -2.36. The second-order valence-corrected chi connectivity index (χ2v) is 4.27. The molecule has 0 aromatic carbocycles. The molecular weight excluding hydrogens is 178 g/mol. The molecule has 0 radical (unpaired) electrons. The monoisotopic (exact) mass is 197 g/mol. The summed E-state index contributed by atoms with van der Waals surface area (Å²) >= 11 is 0. The van der Waals surface area contributed by atoms with Crippen molar-refractivity contribution in [3.8, 4) is 0 Å². The van der Waals surface area contributed by atoms with Crippen molar-refractivity contribution >= 4 is 5.91 Å². The van der Waals surface area contributed by atoms with Crippen molar-refractivity contribution < 1.29 is 4.79 Å². The molecule has 2 aliphatic rings. The van der Waals surface area contributed by atoms with E-state index < -0.39 is 0 Å². The van der Waals surface area contributed by atoms with Crippen LogP contribution >= 0.6 is 0 Å². The molecule has 0 aromatic heterocycles. The number of likely N-dealkylation sites (N-methyl/N-ethyl adjacent to an activating group) is 1. The molecule has 4 nitrogen and oxygen atoms in total. The second kappa shape index (κ2) is 4.28. The van der Waals surface area contributed by atoms with Gasteiger partial charge < -0.3 is 10.6 Å². The Morgan fingerprint density at radius 1 is 1.57 bits per heavy atom. The number of piperidine rings is 1. The molecule has 0 bridgehead atoms. The van der Waals surface area contributed by atoms with Crippen LogP contribution in [0.2, 0.25) is 0 Å². The fourth-order valence-corrected chi connectivity index (χ4v) is 2.62. The van der Waals surface area contributed by atoms with Gasteiger partial charge in [-0.25, -0.2) is 0 Å². The molecule has 0 spiro atoms. The molecule has 80 valence electrons. The number of likely N-dealkylation sites (tertiary alicyclic amines) is 1. The first kappa shape index (κ1) is 9.93. The fraction of sp³-hybridized carbons (Fsp3) is 0.900. The van der Waals surface area contributed by atoms with E-state index in [0.717, 1.165) is 25.6 Å². The van der Waals surface area contributed by atoms with Crippen LogP contribution in [0.15, 0.2) is 0 Å². The van der Waals surface area contributed by atoms with E-state index in [0.29, 0.717) is 12.6 Å². The molecule has 2 N–H and O–H groups in total. The first-order valence-electron chi connectivity index (χ1n) is 5.46. The van der Waals surface area contributed by atoms with Crippen molar-refractivity contribution in [2.24, 2.45) is 5.92 Å². The average molecular weight is 197 g/mol. The summed E-state index contributed by atoms with van der Waals surface area (Å²) in [6, 6.07) is 0.598. The van der Waals surface area contributed by atoms with Crippen molar-refractivity contribution in [3.63, 3.8) is 0 Å². The SMILES string of the molecule is CNC(=O)CN1CCCC2CNCC21. The van der Waals surface area contributed by atoms with Crippen molar-refractivity contribution in [1.29, 1.82) is 0 Å². The highest BCUT2D eigenvalue weighted by molar-refractivity contribution is 5.77. The van der Waals surface area contributed by atoms with E-state index in [1.165, 1.54) is 12.8 Å². The zero-order valence-electron chi connectivity index (χ0n) is 8.75. The number of hydrogen-bond donors (Lipinski definition) is 2. The molecule has 2 atom stereocenters. The van der Waals surface area contributed by atoms with Gasteiger partial charge in [0, 0.05) is 19.6 Å². The molecule has 2 aliphatic heterocycles. The standard InChI is InChI=1S/C10H19N3O/c1-11-10(14)7-13-4-2-3-8-5-12-6-9(8)13/h8-9,12H,2-7H2,1H3,(H,11,14). The molecular formula is C10H19N3O. The number of carbonyl (C=O) groups is 1. The minimum atomic E-state index is 0.137. The Hall–Kier alpha value is -0.610. The molecule has 2 saturated heterocycles. The van der Waals surface area contributed by atoms with Gasteiger partial charge in [-0.2, -0.15) is 0 Å². The Kier molecular flexibility index (Phi) is 3.03. The van der Waals surface area contributed by atoms with Crippen LogP contribution in [0.1, 0.15) is 12.8 Å². The third kappa shape index (κ3) is 1.91. The smallest absolute Gasteiger partial charge is 0.233 e. The highest BCUT2D eigenvalue weighted by atomic mass is 16.1. The van der Waals surface area contributed by atoms with Gasteiger partial charge in [-0.15, -0.1) is 0 Å². The third-order valence-electron chi connectivity index (χ3n) is 3.42. The zero-order valence-corrected chi connectivity index (χ0v) is 8.75. The quantitative estimate of drug-likeness (QED) is 0.622. The Morgan fingerprint density at radius 2 is 2.43 bits per heavy atom. The molecule has 14 heavy (non-hydrogen) atoms. The van der Waals surface area contributed by atoms with Gasteiger partial charge in [0.05, 0.1) is 6.54 Å². The molecule has 2 fully saturated rings. The minimum absolute atomic E-state index is 0.137. The molecule has 0 aliphatic carbocycles. The Morgan fingerprint density at radius 3 is 3.21 bits per heavy atom. The fourth-order valence-electron chi connectivity index (χ4n) is 2.62. The normalized spacial score (nSPS) is 32.6. The summed E-state index contributed by atoms with van der Waals surface area (Å²) in [6.07, 6.45) is 2.56. The van der Waals surface area contributed by atoms with E-state index >= 15 is 0 Å². The van der Waals surface area contributed by atoms with Crippen LogP contribution in [0.5, 0.6) is 0 Å². The summed E-state index contributed by atoms with van der Waals surface area (Å²) in [4.78, 5) is 13.6. The summed E-state index contributed by atoms with van der Waals surface area (Å²) in [5, 5.41) is 6.10. The lowest BCUT2D eigenvalue weighted by Crippen LogP contribution is -2.48. The molecule has 2 heterocycles. The van der Waals surface area contributed by atoms with Crippen molar-refractivity contribution in [2.75, 3.05) is 33.2 Å². The highest BCUT2D eigenvalue weighted by Crippen LogP contribution is 2.25. The predicted octanol–water partition coefficient (Wildman–Crippen LogP) is -0.584. The van der Waals surface area contributed by atoms with Gasteiger partial charge in [0.1, 0.15) is 0 Å². The van der Waals surface area contributed by atoms with E-state index in [9.17, 15) is 4.79 Å². The number of amides is 1. The van der Waals surface area contributed by atoms with E-state index in [1.54, 1.807) is 7.05 Å². The summed E-state index contributed by atoms with van der Waals surface area (Å²) in [5.74, 6) is 0.908. The number of nitrogens with one attached hydrogen (secondary N) is 2. The lowest BCUT2D eigenvalue weighted by atomic mass is 9.92. The maximum atomic E-state index is 11.3. The van der Waals surface area contributed by atoms with Crippen LogP contribution in [0.3, 0.4) is 0 Å². The van der Waals surface area contributed by atoms with Crippen LogP contribution in [0, 0.1) is 5.92 Å². The third-order valence-corrected chi connectivity index (χ3v) is 3.42. The average Bonchev–Trinajstić information content (AvgIpc) is 2.66. The number of fused-ring (bicyclic) bond motifs is 1. The van der Waals surface area contributed by atoms with Gasteiger partial charge in [0.15, 0.2) is 0 Å². The van der Waals surface area contributed by atoms with E-state index in [4.69, 9.17) is 0 Å². The summed E-state index contributed by atoms with van der Waals surface area (Å²) in [6.45, 7) is 3.84. The predicted molar refractivity (Wildman–Crippen MR) is 55.0 cm³/mol. The van der Waals surface area contributed by atoms with Gasteiger partial charge in [-0.3, -0.25) is 9.69 Å². The Balaban J connectivity index is 1.93. The van der Waals surface area contributed by atoms with Crippen LogP contribution in [-0.4, -0.2) is 50.1 Å². The Labute approximate surface area is 85.0 Å². The van der Waals surface area contributed by atoms with Crippen LogP contribution < -0.4 is 10.6 Å². The van der Waals surface area contributed by atoms with Gasteiger partial charge in [0.2, 0.25) is 5.91 Å². The summed E-state index contributed by atoms with van der Waals surface area (Å²) < 4.78 is 0. The summed E-state index contributed by atoms with van der Waals surface area (Å²) in [7, 11) is 1.71. The van der Waals surface area contributed by atoms with Crippen LogP contribution in [-0.2, 0) is 4.79 Å². The van der Waals surface area contributed by atoms with E-state index in [-0.39, 0.29) is 5.91 Å². The topological polar surface area (TPSA) is 44.4 Å². The second-order valence-electron chi connectivity index (χ2n) is 4.27. The van der Waals surface area contributed by atoms with Crippen molar-refractivity contribution in [3.05, 3.63) is 0 Å². The summed E-state index contributed by atoms with van der Waals surface area (Å²) in [5.41, 5.74) is 0. The van der Waals surface area contributed by atoms with Gasteiger partial charge in [-0.1, -0.05) is 0 Å². The first-order chi connectivity index (χ1) is 6.81. The van der Waals surface area contributed by atoms with Crippen LogP contribution in [0.25, 0.3) is 0 Å². The maximum Gasteiger partial charge on any atom is 0.233 e. The van der Waals surface area contributed by atoms with Gasteiger partial charge in [0.25, 0.3) is 0 Å². The van der Waals surface area contributed by atoms with E-state index in [1.807, 2.05) is 0 Å². The zero-order chi connectivity index (χ0) is 9.97. The number of carbonyl (C=O) groups excluding carboxylic acids is 1. The van der Waals surface area contributed by atoms with E-state index in [2.05, 4.69) is 15.5 Å². The van der Waals surface area contributed by atoms with Crippen molar-refractivity contribution in [1.82, 2.24) is 15.5 Å².